The van der Waals surface area contributed by atoms with E-state index in [0.29, 0.717) is 56.6 Å². The number of ether oxygens (including phenoxy) is 1. The van der Waals surface area contributed by atoms with Gasteiger partial charge in [0, 0.05) is 32.1 Å². The van der Waals surface area contributed by atoms with E-state index in [2.05, 4.69) is 41.5 Å². The third-order valence-electron chi connectivity index (χ3n) is 9.22. The van der Waals surface area contributed by atoms with E-state index in [4.69, 9.17) is 10.00 Å². The van der Waals surface area contributed by atoms with Crippen molar-refractivity contribution in [1.29, 1.82) is 5.26 Å². The summed E-state index contributed by atoms with van der Waals surface area (Å²) in [5, 5.41) is 15.3. The first-order chi connectivity index (χ1) is 22.2. The van der Waals surface area contributed by atoms with E-state index < -0.39 is 24.1 Å². The number of esters is 1. The van der Waals surface area contributed by atoms with Crippen LogP contribution in [0.5, 0.6) is 0 Å². The van der Waals surface area contributed by atoms with Crippen LogP contribution in [0, 0.1) is 17.2 Å². The SMILES string of the molecule is CC[C@H](C)[C@@H](CN1Cc2ccccc2C[C@H]1C(=O)NC(CCSC)C(=O)OC)NC(=O)[C@@H]1CCC(=O)N1Cc1ccc(C#N)cc1. The molecule has 11 heteroatoms. The molecule has 2 N–H and O–H groups in total. The van der Waals surface area contributed by atoms with Crippen LogP contribution in [0.3, 0.4) is 0 Å². The van der Waals surface area contributed by atoms with E-state index in [1.165, 1.54) is 7.11 Å². The molecule has 3 amide bonds. The highest BCUT2D eigenvalue weighted by atomic mass is 32.2. The maximum Gasteiger partial charge on any atom is 0.328 e. The highest BCUT2D eigenvalue weighted by Gasteiger charge is 2.39. The van der Waals surface area contributed by atoms with Crippen LogP contribution in [0.2, 0.25) is 0 Å². The fraction of sp³-hybridized carbons (Fsp3) is 0.514. The quantitative estimate of drug-likeness (QED) is 0.299. The van der Waals surface area contributed by atoms with Crippen molar-refractivity contribution in [2.75, 3.05) is 25.7 Å². The van der Waals surface area contributed by atoms with Crippen molar-refractivity contribution >= 4 is 35.5 Å². The van der Waals surface area contributed by atoms with Crippen molar-refractivity contribution in [3.05, 3.63) is 70.8 Å². The average molecular weight is 648 g/mol. The second-order valence-electron chi connectivity index (χ2n) is 12.2. The van der Waals surface area contributed by atoms with Crippen molar-refractivity contribution in [2.24, 2.45) is 5.92 Å². The first kappa shape index (κ1) is 35.0. The molecule has 0 aromatic heterocycles. The van der Waals surface area contributed by atoms with E-state index in [9.17, 15) is 19.2 Å². The van der Waals surface area contributed by atoms with Gasteiger partial charge in [-0.05, 0) is 66.0 Å². The van der Waals surface area contributed by atoms with Gasteiger partial charge in [-0.2, -0.15) is 17.0 Å². The van der Waals surface area contributed by atoms with Crippen molar-refractivity contribution in [1.82, 2.24) is 20.4 Å². The van der Waals surface area contributed by atoms with Gasteiger partial charge < -0.3 is 20.3 Å². The molecule has 2 aliphatic heterocycles. The Kier molecular flexibility index (Phi) is 12.6. The Morgan fingerprint density at radius 3 is 2.41 bits per heavy atom. The summed E-state index contributed by atoms with van der Waals surface area (Å²) in [5.41, 5.74) is 3.61. The first-order valence-electron chi connectivity index (χ1n) is 16.0. The number of carbonyl (C=O) groups excluding carboxylic acids is 4. The van der Waals surface area contributed by atoms with Crippen LogP contribution in [0.25, 0.3) is 0 Å². The van der Waals surface area contributed by atoms with Crippen LogP contribution in [0.4, 0.5) is 0 Å². The molecule has 46 heavy (non-hydrogen) atoms. The summed E-state index contributed by atoms with van der Waals surface area (Å²) in [6.07, 6.45) is 4.44. The molecule has 2 aliphatic rings. The highest BCUT2D eigenvalue weighted by molar-refractivity contribution is 7.98. The van der Waals surface area contributed by atoms with E-state index in [-0.39, 0.29) is 29.7 Å². The van der Waals surface area contributed by atoms with Crippen molar-refractivity contribution in [3.8, 4) is 6.07 Å². The lowest BCUT2D eigenvalue weighted by atomic mass is 9.91. The number of hydrogen-bond donors (Lipinski definition) is 2. The number of nitriles is 1. The van der Waals surface area contributed by atoms with Crippen molar-refractivity contribution in [2.45, 2.75) is 83.2 Å². The van der Waals surface area contributed by atoms with Gasteiger partial charge in [0.2, 0.25) is 17.7 Å². The summed E-state index contributed by atoms with van der Waals surface area (Å²) in [5.74, 6) is -0.188. The molecule has 4 rings (SSSR count). The van der Waals surface area contributed by atoms with Crippen LogP contribution < -0.4 is 10.6 Å². The lowest BCUT2D eigenvalue weighted by molar-refractivity contribution is -0.146. The minimum atomic E-state index is -0.740. The molecule has 2 aromatic rings. The van der Waals surface area contributed by atoms with Gasteiger partial charge in [0.1, 0.15) is 12.1 Å². The number of hydrogen-bond acceptors (Lipinski definition) is 8. The minimum Gasteiger partial charge on any atom is -0.467 e. The summed E-state index contributed by atoms with van der Waals surface area (Å²) in [4.78, 5) is 56.8. The van der Waals surface area contributed by atoms with E-state index >= 15 is 0 Å². The zero-order valence-corrected chi connectivity index (χ0v) is 28.0. The van der Waals surface area contributed by atoms with Gasteiger partial charge in [-0.3, -0.25) is 19.3 Å². The molecular weight excluding hydrogens is 602 g/mol. The summed E-state index contributed by atoms with van der Waals surface area (Å²) in [6.45, 7) is 5.40. The number of thioether (sulfide) groups is 1. The van der Waals surface area contributed by atoms with Crippen LogP contribution in [0.15, 0.2) is 48.5 Å². The molecule has 0 saturated carbocycles. The van der Waals surface area contributed by atoms with Gasteiger partial charge in [-0.1, -0.05) is 56.7 Å². The summed E-state index contributed by atoms with van der Waals surface area (Å²) in [6, 6.07) is 15.0. The summed E-state index contributed by atoms with van der Waals surface area (Å²) < 4.78 is 4.98. The second-order valence-corrected chi connectivity index (χ2v) is 13.2. The Morgan fingerprint density at radius 1 is 1.07 bits per heavy atom. The number of likely N-dealkylation sites (tertiary alicyclic amines) is 1. The number of nitrogens with one attached hydrogen (secondary N) is 2. The molecule has 2 heterocycles. The Bertz CT molecular complexity index is 1430. The monoisotopic (exact) mass is 647 g/mol. The molecule has 1 saturated heterocycles. The Hall–Kier alpha value is -3.88. The number of amides is 3. The highest BCUT2D eigenvalue weighted by Crippen LogP contribution is 2.27. The third-order valence-corrected chi connectivity index (χ3v) is 9.86. The molecule has 0 radical (unpaired) electrons. The van der Waals surface area contributed by atoms with Crippen molar-refractivity contribution < 1.29 is 23.9 Å². The Balaban J connectivity index is 1.53. The zero-order chi connectivity index (χ0) is 33.2. The number of rotatable bonds is 14. The third kappa shape index (κ3) is 8.68. The van der Waals surface area contributed by atoms with Gasteiger partial charge >= 0.3 is 5.97 Å². The number of benzene rings is 2. The van der Waals surface area contributed by atoms with Crippen LogP contribution in [-0.2, 0) is 43.4 Å². The average Bonchev–Trinajstić information content (AvgIpc) is 3.44. The standard InChI is InChI=1S/C35H45N5O5S/c1-5-23(2)29(38-33(42)30-14-15-32(41)40(30)20-25-12-10-24(19-36)11-13-25)22-39-21-27-9-7-6-8-26(27)18-31(39)34(43)37-28(16-17-46-4)35(44)45-3/h6-13,23,28-31H,5,14-18,20-22H2,1-4H3,(H,37,43)(H,38,42)/t23-,28?,29+,30-,31-/m0/s1. The van der Waals surface area contributed by atoms with E-state index in [1.807, 2.05) is 36.6 Å². The number of methoxy groups -OCH3 is 1. The van der Waals surface area contributed by atoms with E-state index in [0.717, 1.165) is 23.1 Å². The predicted octanol–water partition coefficient (Wildman–Crippen LogP) is 3.42. The minimum absolute atomic E-state index is 0.0735. The maximum absolute atomic E-state index is 13.8. The Labute approximate surface area is 276 Å². The van der Waals surface area contributed by atoms with Gasteiger partial charge in [0.15, 0.2) is 0 Å². The number of nitrogens with zero attached hydrogens (tertiary/aromatic N) is 3. The topological polar surface area (TPSA) is 132 Å². The number of fused-ring (bicyclic) bond motifs is 1. The maximum atomic E-state index is 13.8. The summed E-state index contributed by atoms with van der Waals surface area (Å²) in [7, 11) is 1.33. The lowest BCUT2D eigenvalue weighted by Crippen LogP contribution is -2.58. The number of carbonyl (C=O) groups is 4. The molecule has 5 atom stereocenters. The largest absolute Gasteiger partial charge is 0.467 e. The van der Waals surface area contributed by atoms with Crippen molar-refractivity contribution in [3.63, 3.8) is 0 Å². The van der Waals surface area contributed by atoms with Gasteiger partial charge in [0.05, 0.1) is 24.8 Å². The van der Waals surface area contributed by atoms with Crippen LogP contribution in [0.1, 0.15) is 61.8 Å². The molecule has 0 spiro atoms. The molecule has 0 aliphatic carbocycles. The second kappa shape index (κ2) is 16.6. The van der Waals surface area contributed by atoms with Gasteiger partial charge in [-0.15, -0.1) is 0 Å². The molecule has 10 nitrogen and oxygen atoms in total. The fourth-order valence-electron chi connectivity index (χ4n) is 6.19. The van der Waals surface area contributed by atoms with Gasteiger partial charge in [-0.25, -0.2) is 4.79 Å². The zero-order valence-electron chi connectivity index (χ0n) is 27.2. The molecule has 246 valence electrons. The first-order valence-corrected chi connectivity index (χ1v) is 17.3. The van der Waals surface area contributed by atoms with Crippen LogP contribution in [-0.4, -0.2) is 83.3 Å². The van der Waals surface area contributed by atoms with Gasteiger partial charge in [0.25, 0.3) is 0 Å². The molecule has 1 unspecified atom stereocenters. The molecular formula is C35H45N5O5S. The smallest absolute Gasteiger partial charge is 0.328 e. The van der Waals surface area contributed by atoms with Crippen LogP contribution >= 0.6 is 11.8 Å². The summed E-state index contributed by atoms with van der Waals surface area (Å²) >= 11 is 1.60. The molecule has 0 bridgehead atoms. The molecule has 1 fully saturated rings. The molecule has 2 aromatic carbocycles. The normalized spacial score (nSPS) is 19.8. The fourth-order valence-corrected chi connectivity index (χ4v) is 6.66. The lowest BCUT2D eigenvalue weighted by Gasteiger charge is -2.40. The Morgan fingerprint density at radius 2 is 1.76 bits per heavy atom. The van der Waals surface area contributed by atoms with E-state index in [1.54, 1.807) is 28.8 Å². The predicted molar refractivity (Wildman–Crippen MR) is 177 cm³/mol.